The van der Waals surface area contributed by atoms with Gasteiger partial charge in [0.2, 0.25) is 0 Å². The molecule has 24 heavy (non-hydrogen) atoms. The number of fused-ring (bicyclic) bond motifs is 1. The molecule has 2 aromatic rings. The molecule has 1 aromatic heterocycles. The number of hydrogen-bond donors (Lipinski definition) is 0. The average molecular weight is 357 g/mol. The lowest BCUT2D eigenvalue weighted by atomic mass is 10.2. The fourth-order valence-electron chi connectivity index (χ4n) is 2.60. The van der Waals surface area contributed by atoms with E-state index in [2.05, 4.69) is 14.8 Å². The molecule has 0 saturated carbocycles. The molecule has 3 rings (SSSR count). The van der Waals surface area contributed by atoms with Crippen molar-refractivity contribution in [3.8, 4) is 5.75 Å². The topological polar surface area (TPSA) is 39.9 Å². The second kappa shape index (κ2) is 7.46. The van der Waals surface area contributed by atoms with Crippen LogP contribution >= 0.6 is 11.8 Å². The van der Waals surface area contributed by atoms with E-state index in [1.54, 1.807) is 23.9 Å². The van der Waals surface area contributed by atoms with Gasteiger partial charge in [0.25, 0.3) is 0 Å². The van der Waals surface area contributed by atoms with Crippen LogP contribution in [0.15, 0.2) is 29.4 Å². The highest BCUT2D eigenvalue weighted by Gasteiger charge is 2.28. The Morgan fingerprint density at radius 1 is 1.17 bits per heavy atom. The normalized spacial score (nSPS) is 15.0. The number of aromatic nitrogens is 3. The van der Waals surface area contributed by atoms with Crippen LogP contribution in [-0.4, -0.2) is 27.5 Å². The summed E-state index contributed by atoms with van der Waals surface area (Å²) in [6.07, 6.45) is 0.0883. The molecule has 0 N–H and O–H groups in total. The zero-order valence-electron chi connectivity index (χ0n) is 13.1. The van der Waals surface area contributed by atoms with Crippen LogP contribution in [0, 0.1) is 0 Å². The van der Waals surface area contributed by atoms with Gasteiger partial charge in [-0.3, -0.25) is 0 Å². The maximum Gasteiger partial charge on any atom is 0.422 e. The van der Waals surface area contributed by atoms with Crippen LogP contribution in [0.4, 0.5) is 13.2 Å². The highest BCUT2D eigenvalue weighted by atomic mass is 32.2. The Morgan fingerprint density at radius 2 is 2.04 bits per heavy atom. The van der Waals surface area contributed by atoms with Crippen LogP contribution in [0.1, 0.15) is 30.7 Å². The molecule has 0 radical (unpaired) electrons. The van der Waals surface area contributed by atoms with Gasteiger partial charge in [-0.1, -0.05) is 30.3 Å². The monoisotopic (exact) mass is 357 g/mol. The molecule has 130 valence electrons. The van der Waals surface area contributed by atoms with Gasteiger partial charge in [-0.25, -0.2) is 0 Å². The van der Waals surface area contributed by atoms with Crippen LogP contribution in [0.5, 0.6) is 5.75 Å². The first kappa shape index (κ1) is 17.1. The summed E-state index contributed by atoms with van der Waals surface area (Å²) >= 11 is 1.55. The van der Waals surface area contributed by atoms with Crippen LogP contribution in [0.3, 0.4) is 0 Å². The lowest BCUT2D eigenvalue weighted by Gasteiger charge is -2.10. The van der Waals surface area contributed by atoms with Crippen molar-refractivity contribution in [3.63, 3.8) is 0 Å². The minimum atomic E-state index is -4.33. The molecule has 0 atom stereocenters. The summed E-state index contributed by atoms with van der Waals surface area (Å²) in [6, 6.07) is 6.74. The van der Waals surface area contributed by atoms with Crippen LogP contribution in [-0.2, 0) is 18.7 Å². The molecular weight excluding hydrogens is 339 g/mol. The zero-order chi connectivity index (χ0) is 17.0. The van der Waals surface area contributed by atoms with E-state index in [1.807, 2.05) is 6.07 Å². The van der Waals surface area contributed by atoms with Gasteiger partial charge >= 0.3 is 6.18 Å². The van der Waals surface area contributed by atoms with Gasteiger partial charge in [0.15, 0.2) is 11.8 Å². The number of rotatable bonds is 5. The molecule has 1 aromatic carbocycles. The third-order valence-corrected chi connectivity index (χ3v) is 4.78. The standard InChI is InChI=1S/C16H18F3N3OS/c17-16(18,19)11-23-13-6-4-5-12(9-13)10-24-15-21-20-14-7-2-1-3-8-22(14)15/h4-6,9H,1-3,7-8,10-11H2. The molecule has 1 aliphatic heterocycles. The number of benzene rings is 1. The van der Waals surface area contributed by atoms with Gasteiger partial charge in [-0.2, -0.15) is 13.2 Å². The van der Waals surface area contributed by atoms with Crippen molar-refractivity contribution < 1.29 is 17.9 Å². The number of thioether (sulfide) groups is 1. The lowest BCUT2D eigenvalue weighted by molar-refractivity contribution is -0.153. The number of halogens is 3. The number of alkyl halides is 3. The molecule has 0 spiro atoms. The largest absolute Gasteiger partial charge is 0.484 e. The van der Waals surface area contributed by atoms with Crippen molar-refractivity contribution in [1.82, 2.24) is 14.8 Å². The minimum absolute atomic E-state index is 0.227. The third kappa shape index (κ3) is 4.66. The van der Waals surface area contributed by atoms with Gasteiger partial charge in [0.1, 0.15) is 11.6 Å². The molecule has 0 bridgehead atoms. The summed E-state index contributed by atoms with van der Waals surface area (Å²) in [5, 5.41) is 9.36. The first-order chi connectivity index (χ1) is 11.5. The van der Waals surface area contributed by atoms with Crippen molar-refractivity contribution in [3.05, 3.63) is 35.7 Å². The summed E-state index contributed by atoms with van der Waals surface area (Å²) in [5.41, 5.74) is 0.894. The zero-order valence-corrected chi connectivity index (χ0v) is 13.9. The first-order valence-corrected chi connectivity index (χ1v) is 8.83. The van der Waals surface area contributed by atoms with Gasteiger partial charge in [0.05, 0.1) is 0 Å². The van der Waals surface area contributed by atoms with E-state index >= 15 is 0 Å². The Kier molecular flexibility index (Phi) is 5.33. The average Bonchev–Trinajstić information content (AvgIpc) is 2.77. The van der Waals surface area contributed by atoms with Crippen molar-refractivity contribution in [2.45, 2.75) is 49.3 Å². The van der Waals surface area contributed by atoms with Crippen LogP contribution < -0.4 is 4.74 Å². The summed E-state index contributed by atoms with van der Waals surface area (Å²) in [7, 11) is 0. The lowest BCUT2D eigenvalue weighted by Crippen LogP contribution is -2.19. The predicted octanol–water partition coefficient (Wildman–Crippen LogP) is 4.24. The van der Waals surface area contributed by atoms with Crippen molar-refractivity contribution in [1.29, 1.82) is 0 Å². The van der Waals surface area contributed by atoms with E-state index in [4.69, 9.17) is 4.74 Å². The smallest absolute Gasteiger partial charge is 0.422 e. The molecule has 0 unspecified atom stereocenters. The molecule has 4 nitrogen and oxygen atoms in total. The Bertz CT molecular complexity index is 687. The molecular formula is C16H18F3N3OS. The van der Waals surface area contributed by atoms with Crippen LogP contribution in [0.2, 0.25) is 0 Å². The predicted molar refractivity (Wildman–Crippen MR) is 85.1 cm³/mol. The van der Waals surface area contributed by atoms with E-state index < -0.39 is 12.8 Å². The number of hydrogen-bond acceptors (Lipinski definition) is 4. The second-order valence-electron chi connectivity index (χ2n) is 5.70. The first-order valence-electron chi connectivity index (χ1n) is 7.85. The van der Waals surface area contributed by atoms with Gasteiger partial charge in [0, 0.05) is 18.7 Å². The Balaban J connectivity index is 1.62. The molecule has 0 fully saturated rings. The molecule has 0 amide bonds. The van der Waals surface area contributed by atoms with E-state index in [0.29, 0.717) is 5.75 Å². The molecule has 1 aliphatic rings. The maximum absolute atomic E-state index is 12.2. The number of aryl methyl sites for hydroxylation is 1. The highest BCUT2D eigenvalue weighted by molar-refractivity contribution is 7.98. The fraction of sp³-hybridized carbons (Fsp3) is 0.500. The number of ether oxygens (including phenoxy) is 1. The van der Waals surface area contributed by atoms with Crippen molar-refractivity contribution >= 4 is 11.8 Å². The molecule has 2 heterocycles. The molecule has 0 aliphatic carbocycles. The Labute approximate surface area is 142 Å². The second-order valence-corrected chi connectivity index (χ2v) is 6.64. The van der Waals surface area contributed by atoms with Gasteiger partial charge < -0.3 is 9.30 Å². The van der Waals surface area contributed by atoms with Gasteiger partial charge in [-0.05, 0) is 30.5 Å². The van der Waals surface area contributed by atoms with Crippen molar-refractivity contribution in [2.75, 3.05) is 6.61 Å². The quantitative estimate of drug-likeness (QED) is 0.751. The van der Waals surface area contributed by atoms with E-state index in [-0.39, 0.29) is 5.75 Å². The van der Waals surface area contributed by atoms with E-state index in [0.717, 1.165) is 42.4 Å². The Hall–Kier alpha value is -1.70. The van der Waals surface area contributed by atoms with Crippen molar-refractivity contribution in [2.24, 2.45) is 0 Å². The third-order valence-electron chi connectivity index (χ3n) is 3.74. The summed E-state index contributed by atoms with van der Waals surface area (Å²) in [6.45, 7) is -0.347. The summed E-state index contributed by atoms with van der Waals surface area (Å²) < 4.78 is 43.6. The fourth-order valence-corrected chi connectivity index (χ4v) is 3.53. The Morgan fingerprint density at radius 3 is 2.88 bits per heavy atom. The minimum Gasteiger partial charge on any atom is -0.484 e. The van der Waals surface area contributed by atoms with E-state index in [9.17, 15) is 13.2 Å². The SMILES string of the molecule is FC(F)(F)COc1cccc(CSc2nnc3n2CCCCC3)c1. The summed E-state index contributed by atoms with van der Waals surface area (Å²) in [5.74, 6) is 1.87. The highest BCUT2D eigenvalue weighted by Crippen LogP contribution is 2.26. The van der Waals surface area contributed by atoms with Gasteiger partial charge in [-0.15, -0.1) is 10.2 Å². The number of nitrogens with zero attached hydrogens (tertiary/aromatic N) is 3. The molecule has 0 saturated heterocycles. The maximum atomic E-state index is 12.2. The summed E-state index contributed by atoms with van der Waals surface area (Å²) in [4.78, 5) is 0. The molecule has 8 heteroatoms. The van der Waals surface area contributed by atoms with Crippen LogP contribution in [0.25, 0.3) is 0 Å². The van der Waals surface area contributed by atoms with E-state index in [1.165, 1.54) is 12.5 Å².